The monoisotopic (exact) mass is 420 g/mol. The second-order valence-electron chi connectivity index (χ2n) is 7.69. The number of benzene rings is 3. The molecule has 0 unspecified atom stereocenters. The first-order valence-corrected chi connectivity index (χ1v) is 11.3. The Bertz CT molecular complexity index is 1190. The van der Waals surface area contributed by atoms with Crippen molar-refractivity contribution in [3.05, 3.63) is 89.5 Å². The smallest absolute Gasteiger partial charge is 0.264 e. The van der Waals surface area contributed by atoms with Crippen LogP contribution < -0.4 is 9.21 Å². The number of nitrogens with zero attached hydrogens (tertiary/aromatic N) is 2. The van der Waals surface area contributed by atoms with E-state index in [1.165, 1.54) is 16.9 Å². The molecule has 30 heavy (non-hydrogen) atoms. The molecule has 6 heteroatoms. The number of hydrogen-bond donors (Lipinski definition) is 0. The van der Waals surface area contributed by atoms with Gasteiger partial charge in [0.15, 0.2) is 0 Å². The number of carbonyl (C=O) groups is 1. The lowest BCUT2D eigenvalue weighted by molar-refractivity contribution is 0.0981. The van der Waals surface area contributed by atoms with Gasteiger partial charge in [-0.2, -0.15) is 0 Å². The number of fused-ring (bicyclic) bond motifs is 1. The number of rotatable bonds is 4. The first-order chi connectivity index (χ1) is 14.3. The summed E-state index contributed by atoms with van der Waals surface area (Å²) in [6.45, 7) is 3.95. The molecule has 4 rings (SSSR count). The fraction of sp³-hybridized carbons (Fsp3) is 0.208. The Morgan fingerprint density at radius 1 is 0.967 bits per heavy atom. The predicted octanol–water partition coefficient (Wildman–Crippen LogP) is 4.41. The van der Waals surface area contributed by atoms with Crippen molar-refractivity contribution >= 4 is 27.3 Å². The normalized spacial score (nSPS) is 15.7. The highest BCUT2D eigenvalue weighted by molar-refractivity contribution is 7.92. The molecule has 0 radical (unpaired) electrons. The molecule has 0 bridgehead atoms. The molecule has 0 spiro atoms. The van der Waals surface area contributed by atoms with Gasteiger partial charge in [0.1, 0.15) is 0 Å². The van der Waals surface area contributed by atoms with E-state index in [-0.39, 0.29) is 16.8 Å². The van der Waals surface area contributed by atoms with Gasteiger partial charge >= 0.3 is 0 Å². The number of amides is 1. The molecule has 0 saturated heterocycles. The van der Waals surface area contributed by atoms with Crippen LogP contribution in [0.2, 0.25) is 0 Å². The Labute approximate surface area is 177 Å². The molecule has 1 atom stereocenters. The van der Waals surface area contributed by atoms with Gasteiger partial charge in [0.25, 0.3) is 15.9 Å². The molecule has 154 valence electrons. The van der Waals surface area contributed by atoms with E-state index in [2.05, 4.69) is 0 Å². The van der Waals surface area contributed by atoms with Crippen molar-refractivity contribution in [2.45, 2.75) is 31.2 Å². The summed E-state index contributed by atoms with van der Waals surface area (Å²) < 4.78 is 27.0. The Morgan fingerprint density at radius 2 is 1.60 bits per heavy atom. The minimum absolute atomic E-state index is 0.0805. The summed E-state index contributed by atoms with van der Waals surface area (Å²) in [6, 6.07) is 21.5. The van der Waals surface area contributed by atoms with Gasteiger partial charge in [0.05, 0.1) is 10.6 Å². The zero-order chi connectivity index (χ0) is 21.5. The first-order valence-electron chi connectivity index (χ1n) is 9.86. The van der Waals surface area contributed by atoms with Crippen molar-refractivity contribution in [3.8, 4) is 0 Å². The van der Waals surface area contributed by atoms with Crippen molar-refractivity contribution < 1.29 is 13.2 Å². The molecule has 3 aromatic carbocycles. The predicted molar refractivity (Wildman–Crippen MR) is 120 cm³/mol. The summed E-state index contributed by atoms with van der Waals surface area (Å²) in [5.74, 6) is -0.0805. The fourth-order valence-corrected chi connectivity index (χ4v) is 5.03. The molecule has 1 amide bonds. The number of hydrogen-bond acceptors (Lipinski definition) is 3. The Hall–Kier alpha value is -3.12. The second-order valence-corrected chi connectivity index (χ2v) is 9.66. The van der Waals surface area contributed by atoms with Gasteiger partial charge in [-0.25, -0.2) is 8.42 Å². The average molecular weight is 421 g/mol. The molecular weight excluding hydrogens is 396 g/mol. The zero-order valence-electron chi connectivity index (χ0n) is 17.2. The van der Waals surface area contributed by atoms with E-state index >= 15 is 0 Å². The maximum absolute atomic E-state index is 13.1. The van der Waals surface area contributed by atoms with Crippen molar-refractivity contribution in [1.82, 2.24) is 0 Å². The van der Waals surface area contributed by atoms with E-state index in [0.717, 1.165) is 17.7 Å². The van der Waals surface area contributed by atoms with Crippen molar-refractivity contribution in [2.24, 2.45) is 0 Å². The molecule has 1 heterocycles. The summed E-state index contributed by atoms with van der Waals surface area (Å²) in [6.07, 6.45) is 0.831. The molecule has 0 saturated carbocycles. The summed E-state index contributed by atoms with van der Waals surface area (Å²) in [7, 11) is -2.15. The molecule has 0 aromatic heterocycles. The molecule has 0 N–H and O–H groups in total. The van der Waals surface area contributed by atoms with E-state index < -0.39 is 10.0 Å². The Balaban J connectivity index is 1.58. The summed E-state index contributed by atoms with van der Waals surface area (Å²) in [4.78, 5) is 15.2. The molecule has 0 aliphatic carbocycles. The van der Waals surface area contributed by atoms with Gasteiger partial charge in [-0.1, -0.05) is 35.9 Å². The molecule has 3 aromatic rings. The zero-order valence-corrected chi connectivity index (χ0v) is 18.1. The highest BCUT2D eigenvalue weighted by atomic mass is 32.2. The third-order valence-corrected chi connectivity index (χ3v) is 7.38. The summed E-state index contributed by atoms with van der Waals surface area (Å²) in [5.41, 5.74) is 4.14. The van der Waals surface area contributed by atoms with Crippen LogP contribution in [0.15, 0.2) is 77.7 Å². The van der Waals surface area contributed by atoms with E-state index in [4.69, 9.17) is 0 Å². The van der Waals surface area contributed by atoms with Crippen LogP contribution in [0.3, 0.4) is 0 Å². The number of para-hydroxylation sites is 1. The molecule has 5 nitrogen and oxygen atoms in total. The topological polar surface area (TPSA) is 57.7 Å². The van der Waals surface area contributed by atoms with E-state index in [0.29, 0.717) is 11.3 Å². The van der Waals surface area contributed by atoms with Crippen LogP contribution in [0.1, 0.15) is 28.4 Å². The van der Waals surface area contributed by atoms with Crippen molar-refractivity contribution in [1.29, 1.82) is 0 Å². The molecule has 0 fully saturated rings. The van der Waals surface area contributed by atoms with Crippen molar-refractivity contribution in [3.63, 3.8) is 0 Å². The number of sulfonamides is 1. The van der Waals surface area contributed by atoms with Crippen LogP contribution >= 0.6 is 0 Å². The standard InChI is InChI=1S/C24H24N2O3S/c1-17-8-14-22(15-9-17)30(28,29)25(3)21-12-10-19(11-13-21)24(27)26-18(2)16-20-6-4-5-7-23(20)26/h4-15,18H,16H2,1-3H3/t18-/m1/s1. The third kappa shape index (κ3) is 3.48. The van der Waals surface area contributed by atoms with Gasteiger partial charge in [-0.15, -0.1) is 0 Å². The minimum atomic E-state index is -3.67. The van der Waals surface area contributed by atoms with Gasteiger partial charge in [0.2, 0.25) is 0 Å². The summed E-state index contributed by atoms with van der Waals surface area (Å²) in [5, 5.41) is 0. The maximum Gasteiger partial charge on any atom is 0.264 e. The highest BCUT2D eigenvalue weighted by Gasteiger charge is 2.31. The van der Waals surface area contributed by atoms with Crippen molar-refractivity contribution in [2.75, 3.05) is 16.3 Å². The van der Waals surface area contributed by atoms with Crippen LogP contribution in [0.5, 0.6) is 0 Å². The highest BCUT2D eigenvalue weighted by Crippen LogP contribution is 2.33. The van der Waals surface area contributed by atoms with Crippen LogP contribution in [0.25, 0.3) is 0 Å². The molecule has 1 aliphatic heterocycles. The van der Waals surface area contributed by atoms with E-state index in [9.17, 15) is 13.2 Å². The Morgan fingerprint density at radius 3 is 2.27 bits per heavy atom. The van der Waals surface area contributed by atoms with Crippen LogP contribution in [0, 0.1) is 6.92 Å². The quantitative estimate of drug-likeness (QED) is 0.628. The number of aryl methyl sites for hydroxylation is 1. The fourth-order valence-electron chi connectivity index (χ4n) is 3.84. The average Bonchev–Trinajstić information content (AvgIpc) is 3.08. The SMILES string of the molecule is Cc1ccc(S(=O)(=O)N(C)c2ccc(C(=O)N3c4ccccc4C[C@H]3C)cc2)cc1. The summed E-state index contributed by atoms with van der Waals surface area (Å²) >= 11 is 0. The molecular formula is C24H24N2O3S. The number of carbonyl (C=O) groups excluding carboxylic acids is 1. The minimum Gasteiger partial charge on any atom is -0.305 e. The maximum atomic E-state index is 13.1. The third-order valence-electron chi connectivity index (χ3n) is 5.58. The van der Waals surface area contributed by atoms with Crippen LogP contribution in [-0.2, 0) is 16.4 Å². The van der Waals surface area contributed by atoms with Gasteiger partial charge in [-0.3, -0.25) is 9.10 Å². The lowest BCUT2D eigenvalue weighted by Crippen LogP contribution is -2.35. The lowest BCUT2D eigenvalue weighted by atomic mass is 10.1. The van der Waals surface area contributed by atoms with Gasteiger partial charge in [0, 0.05) is 24.3 Å². The molecule has 1 aliphatic rings. The largest absolute Gasteiger partial charge is 0.305 e. The van der Waals surface area contributed by atoms with Gasteiger partial charge < -0.3 is 4.90 Å². The number of anilines is 2. The second kappa shape index (κ2) is 7.61. The van der Waals surface area contributed by atoms with Gasteiger partial charge in [-0.05, 0) is 68.3 Å². The van der Waals surface area contributed by atoms with E-state index in [1.807, 2.05) is 43.0 Å². The Kier molecular flexibility index (Phi) is 5.12. The lowest BCUT2D eigenvalue weighted by Gasteiger charge is -2.23. The van der Waals surface area contributed by atoms with Crippen LogP contribution in [-0.4, -0.2) is 27.4 Å². The van der Waals surface area contributed by atoms with Crippen LogP contribution in [0.4, 0.5) is 11.4 Å². The first kappa shape index (κ1) is 20.2. The van der Waals surface area contributed by atoms with E-state index in [1.54, 1.807) is 48.5 Å².